The van der Waals surface area contributed by atoms with E-state index in [9.17, 15) is 18.0 Å². The highest BCUT2D eigenvalue weighted by Crippen LogP contribution is 2.16. The monoisotopic (exact) mass is 395 g/mol. The van der Waals surface area contributed by atoms with E-state index in [0.29, 0.717) is 0 Å². The molecule has 11 nitrogen and oxygen atoms in total. The molecule has 0 saturated carbocycles. The summed E-state index contributed by atoms with van der Waals surface area (Å²) in [4.78, 5) is 35.1. The molecule has 0 fully saturated rings. The molecule has 0 unspecified atom stereocenters. The number of sulfonamides is 1. The van der Waals surface area contributed by atoms with E-state index < -0.39 is 26.9 Å². The standard InChI is InChI=1S/C15H17N5O6S/c1-4-26-12(21)10-7-5-6-8-11(10)27(23,24)20-14(22)18-13-16-9(2)17-15(19-13)25-3/h5-8H,4H2,1-3H3,(H2,16,17,18,19,20,22). The van der Waals surface area contributed by atoms with Crippen molar-refractivity contribution in [3.63, 3.8) is 0 Å². The number of anilines is 1. The summed E-state index contributed by atoms with van der Waals surface area (Å²) >= 11 is 0. The molecule has 0 atom stereocenters. The van der Waals surface area contributed by atoms with Crippen LogP contribution in [0.15, 0.2) is 29.2 Å². The molecule has 144 valence electrons. The summed E-state index contributed by atoms with van der Waals surface area (Å²) in [5.74, 6) is -0.768. The van der Waals surface area contributed by atoms with Gasteiger partial charge in [0.05, 0.1) is 19.3 Å². The van der Waals surface area contributed by atoms with Crippen molar-refractivity contribution in [2.75, 3.05) is 19.0 Å². The van der Waals surface area contributed by atoms with Crippen LogP contribution in [-0.4, -0.2) is 49.1 Å². The van der Waals surface area contributed by atoms with Gasteiger partial charge in [0.15, 0.2) is 0 Å². The second-order valence-corrected chi connectivity index (χ2v) is 6.62. The Hall–Kier alpha value is -3.28. The number of hydrogen-bond donors (Lipinski definition) is 2. The van der Waals surface area contributed by atoms with Crippen molar-refractivity contribution in [1.29, 1.82) is 0 Å². The zero-order valence-corrected chi connectivity index (χ0v) is 15.5. The zero-order valence-electron chi connectivity index (χ0n) is 14.7. The Morgan fingerprint density at radius 1 is 1.15 bits per heavy atom. The molecule has 0 spiro atoms. The maximum atomic E-state index is 12.5. The Labute approximate surface area is 155 Å². The Morgan fingerprint density at radius 3 is 2.52 bits per heavy atom. The first kappa shape index (κ1) is 20.0. The largest absolute Gasteiger partial charge is 0.467 e. The number of hydrogen-bond acceptors (Lipinski definition) is 9. The minimum atomic E-state index is -4.36. The average molecular weight is 395 g/mol. The fourth-order valence-corrected chi connectivity index (χ4v) is 3.09. The summed E-state index contributed by atoms with van der Waals surface area (Å²) in [5.41, 5.74) is -0.197. The van der Waals surface area contributed by atoms with Crippen LogP contribution in [0, 0.1) is 6.92 Å². The quantitative estimate of drug-likeness (QED) is 0.679. The van der Waals surface area contributed by atoms with Gasteiger partial charge < -0.3 is 9.47 Å². The second-order valence-electron chi connectivity index (χ2n) is 4.97. The van der Waals surface area contributed by atoms with Crippen LogP contribution in [0.25, 0.3) is 0 Å². The topological polar surface area (TPSA) is 149 Å². The molecule has 0 radical (unpaired) electrons. The van der Waals surface area contributed by atoms with Gasteiger partial charge in [-0.05, 0) is 26.0 Å². The molecular weight excluding hydrogens is 378 g/mol. The van der Waals surface area contributed by atoms with Gasteiger partial charge in [0.2, 0.25) is 5.95 Å². The molecule has 12 heteroatoms. The molecule has 0 bridgehead atoms. The summed E-state index contributed by atoms with van der Waals surface area (Å²) in [6.45, 7) is 3.20. The molecule has 2 amide bonds. The number of nitrogens with zero attached hydrogens (tertiary/aromatic N) is 3. The molecule has 0 saturated heterocycles. The van der Waals surface area contributed by atoms with Crippen molar-refractivity contribution in [1.82, 2.24) is 19.7 Å². The number of amides is 2. The summed E-state index contributed by atoms with van der Waals surface area (Å²) < 4.78 is 36.5. The minimum Gasteiger partial charge on any atom is -0.467 e. The van der Waals surface area contributed by atoms with Gasteiger partial charge in [0.1, 0.15) is 10.7 Å². The highest BCUT2D eigenvalue weighted by Gasteiger charge is 2.25. The smallest absolute Gasteiger partial charge is 0.339 e. The zero-order chi connectivity index (χ0) is 20.0. The third kappa shape index (κ3) is 5.10. The number of rotatable bonds is 6. The van der Waals surface area contributed by atoms with Crippen LogP contribution in [0.4, 0.5) is 10.7 Å². The Bertz CT molecular complexity index is 963. The number of nitrogens with one attached hydrogen (secondary N) is 2. The molecule has 0 aliphatic rings. The van der Waals surface area contributed by atoms with E-state index >= 15 is 0 Å². The van der Waals surface area contributed by atoms with E-state index in [1.165, 1.54) is 31.4 Å². The Balaban J connectivity index is 2.23. The maximum Gasteiger partial charge on any atom is 0.339 e. The number of benzene rings is 1. The number of aryl methyl sites for hydroxylation is 1. The first-order valence-electron chi connectivity index (χ1n) is 7.63. The molecule has 1 aromatic heterocycles. The van der Waals surface area contributed by atoms with Crippen molar-refractivity contribution in [3.8, 4) is 6.01 Å². The SMILES string of the molecule is CCOC(=O)c1ccccc1S(=O)(=O)NC(=O)Nc1nc(C)nc(OC)n1. The van der Waals surface area contributed by atoms with E-state index in [1.54, 1.807) is 18.6 Å². The van der Waals surface area contributed by atoms with Crippen molar-refractivity contribution >= 4 is 28.0 Å². The molecule has 1 heterocycles. The highest BCUT2D eigenvalue weighted by molar-refractivity contribution is 7.90. The summed E-state index contributed by atoms with van der Waals surface area (Å²) in [7, 11) is -3.04. The molecule has 0 aliphatic heterocycles. The summed E-state index contributed by atoms with van der Waals surface area (Å²) in [6.07, 6.45) is 0. The fourth-order valence-electron chi connectivity index (χ4n) is 1.99. The third-order valence-corrected chi connectivity index (χ3v) is 4.42. The van der Waals surface area contributed by atoms with Crippen LogP contribution in [0.5, 0.6) is 6.01 Å². The van der Waals surface area contributed by atoms with Crippen LogP contribution in [-0.2, 0) is 14.8 Å². The van der Waals surface area contributed by atoms with Crippen molar-refractivity contribution in [3.05, 3.63) is 35.7 Å². The summed E-state index contributed by atoms with van der Waals surface area (Å²) in [6, 6.07) is 4.18. The number of carbonyl (C=O) groups is 2. The van der Waals surface area contributed by atoms with E-state index in [4.69, 9.17) is 9.47 Å². The molecule has 1 aromatic carbocycles. The number of methoxy groups -OCH3 is 1. The lowest BCUT2D eigenvalue weighted by atomic mass is 10.2. The predicted octanol–water partition coefficient (Wildman–Crippen LogP) is 0.876. The van der Waals surface area contributed by atoms with E-state index in [0.717, 1.165) is 0 Å². The maximum absolute atomic E-state index is 12.5. The molecule has 2 rings (SSSR count). The lowest BCUT2D eigenvalue weighted by Crippen LogP contribution is -2.35. The third-order valence-electron chi connectivity index (χ3n) is 3.03. The van der Waals surface area contributed by atoms with Gasteiger partial charge >= 0.3 is 18.0 Å². The van der Waals surface area contributed by atoms with Gasteiger partial charge in [-0.2, -0.15) is 15.0 Å². The van der Waals surface area contributed by atoms with Gasteiger partial charge in [0.25, 0.3) is 10.0 Å². The van der Waals surface area contributed by atoms with Gasteiger partial charge in [-0.25, -0.2) is 22.7 Å². The van der Waals surface area contributed by atoms with Crippen molar-refractivity contribution in [2.24, 2.45) is 0 Å². The second kappa shape index (κ2) is 8.40. The van der Waals surface area contributed by atoms with Crippen molar-refractivity contribution in [2.45, 2.75) is 18.7 Å². The lowest BCUT2D eigenvalue weighted by molar-refractivity contribution is 0.0521. The van der Waals surface area contributed by atoms with E-state index in [1.807, 2.05) is 0 Å². The molecule has 0 aliphatic carbocycles. The number of ether oxygens (including phenoxy) is 2. The minimum absolute atomic E-state index is 0.0479. The average Bonchev–Trinajstić information content (AvgIpc) is 2.60. The molecule has 27 heavy (non-hydrogen) atoms. The van der Waals surface area contributed by atoms with Gasteiger partial charge in [-0.3, -0.25) is 5.32 Å². The normalized spacial score (nSPS) is 10.8. The first-order chi connectivity index (χ1) is 12.8. The number of aromatic nitrogens is 3. The first-order valence-corrected chi connectivity index (χ1v) is 9.11. The molecule has 2 aromatic rings. The number of urea groups is 1. The van der Waals surface area contributed by atoms with Crippen LogP contribution < -0.4 is 14.8 Å². The number of esters is 1. The molecular formula is C15H17N5O6S. The number of carbonyl (C=O) groups excluding carboxylic acids is 2. The van der Waals surface area contributed by atoms with Crippen LogP contribution in [0.2, 0.25) is 0 Å². The predicted molar refractivity (Wildman–Crippen MR) is 92.9 cm³/mol. The van der Waals surface area contributed by atoms with E-state index in [-0.39, 0.29) is 30.0 Å². The van der Waals surface area contributed by atoms with Crippen LogP contribution >= 0.6 is 0 Å². The van der Waals surface area contributed by atoms with Gasteiger partial charge in [-0.1, -0.05) is 12.1 Å². The Morgan fingerprint density at radius 2 is 1.85 bits per heavy atom. The van der Waals surface area contributed by atoms with E-state index in [2.05, 4.69) is 20.3 Å². The summed E-state index contributed by atoms with van der Waals surface area (Å²) in [5, 5.41) is 2.17. The van der Waals surface area contributed by atoms with Crippen LogP contribution in [0.3, 0.4) is 0 Å². The fraction of sp³-hybridized carbons (Fsp3) is 0.267. The van der Waals surface area contributed by atoms with Gasteiger partial charge in [0, 0.05) is 0 Å². The highest BCUT2D eigenvalue weighted by atomic mass is 32.2. The van der Waals surface area contributed by atoms with Crippen LogP contribution in [0.1, 0.15) is 23.1 Å². The Kier molecular flexibility index (Phi) is 6.23. The molecule has 2 N–H and O–H groups in total. The van der Waals surface area contributed by atoms with Crippen molar-refractivity contribution < 1.29 is 27.5 Å². The van der Waals surface area contributed by atoms with Gasteiger partial charge in [-0.15, -0.1) is 0 Å². The lowest BCUT2D eigenvalue weighted by Gasteiger charge is -2.11.